The van der Waals surface area contributed by atoms with Gasteiger partial charge >= 0.3 is 0 Å². The van der Waals surface area contributed by atoms with Crippen LogP contribution in [0.2, 0.25) is 5.15 Å². The number of nitrogens with one attached hydrogen (secondary N) is 2. The first-order valence-corrected chi connectivity index (χ1v) is 10.3. The third kappa shape index (κ3) is 8.23. The highest BCUT2D eigenvalue weighted by Crippen LogP contribution is 2.24. The SMILES string of the molecule is CCOCOC[C@H](C[C@H](CC1=CC=CCC1)C(=O)NO)NC(=O)c1ccc(Cl)nc1. The van der Waals surface area contributed by atoms with Gasteiger partial charge in [0.05, 0.1) is 18.2 Å². The lowest BCUT2D eigenvalue weighted by Gasteiger charge is -2.24. The molecule has 0 saturated heterocycles. The Kier molecular flexibility index (Phi) is 10.5. The van der Waals surface area contributed by atoms with Crippen molar-refractivity contribution in [2.75, 3.05) is 20.0 Å². The van der Waals surface area contributed by atoms with E-state index in [4.69, 9.17) is 21.1 Å². The molecule has 9 heteroatoms. The molecule has 3 N–H and O–H groups in total. The minimum atomic E-state index is -0.530. The van der Waals surface area contributed by atoms with Crippen LogP contribution in [0.15, 0.2) is 42.1 Å². The molecule has 2 rings (SSSR count). The van der Waals surface area contributed by atoms with Crippen LogP contribution in [0.25, 0.3) is 0 Å². The molecule has 0 fully saturated rings. The van der Waals surface area contributed by atoms with Gasteiger partial charge in [-0.2, -0.15) is 0 Å². The van der Waals surface area contributed by atoms with E-state index in [9.17, 15) is 14.8 Å². The van der Waals surface area contributed by atoms with Gasteiger partial charge in [0.2, 0.25) is 5.91 Å². The Morgan fingerprint density at radius 2 is 2.17 bits per heavy atom. The van der Waals surface area contributed by atoms with Gasteiger partial charge in [0.15, 0.2) is 0 Å². The number of ether oxygens (including phenoxy) is 2. The Balaban J connectivity index is 2.08. The highest BCUT2D eigenvalue weighted by Gasteiger charge is 2.26. The van der Waals surface area contributed by atoms with Gasteiger partial charge < -0.3 is 14.8 Å². The second-order valence-corrected chi connectivity index (χ2v) is 7.31. The van der Waals surface area contributed by atoms with E-state index in [0.717, 1.165) is 18.4 Å². The van der Waals surface area contributed by atoms with Gasteiger partial charge in [-0.25, -0.2) is 10.5 Å². The summed E-state index contributed by atoms with van der Waals surface area (Å²) in [7, 11) is 0. The Labute approximate surface area is 181 Å². The van der Waals surface area contributed by atoms with E-state index in [0.29, 0.717) is 18.6 Å². The molecular formula is C21H28ClN3O5. The van der Waals surface area contributed by atoms with Gasteiger partial charge in [-0.3, -0.25) is 14.8 Å². The van der Waals surface area contributed by atoms with Gasteiger partial charge in [-0.15, -0.1) is 0 Å². The third-order valence-corrected chi connectivity index (χ3v) is 4.90. The van der Waals surface area contributed by atoms with Crippen LogP contribution in [-0.4, -0.2) is 48.1 Å². The summed E-state index contributed by atoms with van der Waals surface area (Å²) in [5, 5.41) is 12.4. The van der Waals surface area contributed by atoms with Crippen LogP contribution in [-0.2, 0) is 14.3 Å². The quantitative estimate of drug-likeness (QED) is 0.152. The highest BCUT2D eigenvalue weighted by molar-refractivity contribution is 6.29. The van der Waals surface area contributed by atoms with Crippen molar-refractivity contribution in [3.05, 3.63) is 52.8 Å². The number of hydroxylamine groups is 1. The average Bonchev–Trinajstić information content (AvgIpc) is 2.76. The average molecular weight is 438 g/mol. The number of hydrogen-bond acceptors (Lipinski definition) is 6. The van der Waals surface area contributed by atoms with E-state index in [2.05, 4.69) is 16.4 Å². The molecule has 1 aromatic heterocycles. The van der Waals surface area contributed by atoms with Crippen LogP contribution in [0, 0.1) is 5.92 Å². The van der Waals surface area contributed by atoms with Crippen molar-refractivity contribution >= 4 is 23.4 Å². The number of pyridine rings is 1. The van der Waals surface area contributed by atoms with Crippen LogP contribution >= 0.6 is 11.6 Å². The molecule has 30 heavy (non-hydrogen) atoms. The largest absolute Gasteiger partial charge is 0.356 e. The van der Waals surface area contributed by atoms with E-state index >= 15 is 0 Å². The number of nitrogens with zero attached hydrogens (tertiary/aromatic N) is 1. The zero-order valence-corrected chi connectivity index (χ0v) is 17.7. The van der Waals surface area contributed by atoms with Crippen molar-refractivity contribution in [3.63, 3.8) is 0 Å². The van der Waals surface area contributed by atoms with Crippen molar-refractivity contribution < 1.29 is 24.3 Å². The number of carbonyl (C=O) groups excluding carboxylic acids is 2. The third-order valence-electron chi connectivity index (χ3n) is 4.67. The normalized spacial score (nSPS) is 15.2. The van der Waals surface area contributed by atoms with Gasteiger partial charge in [-0.1, -0.05) is 35.4 Å². The molecule has 0 radical (unpaired) electrons. The van der Waals surface area contributed by atoms with Crippen LogP contribution in [0.5, 0.6) is 0 Å². The number of halogens is 1. The standard InChI is InChI=1S/C21H28ClN3O5/c1-2-29-14-30-13-18(24-20(26)16-8-9-19(22)23-12-16)11-17(21(27)25-28)10-15-6-4-3-5-7-15/h3-4,6,8-9,12,17-18,28H,2,5,7,10-11,13-14H2,1H3,(H,24,26)(H,25,27)/t17-,18-/m0/s1. The van der Waals surface area contributed by atoms with Gasteiger partial charge in [-0.05, 0) is 44.7 Å². The smallest absolute Gasteiger partial charge is 0.253 e. The first kappa shape index (κ1) is 24.0. The molecular weight excluding hydrogens is 410 g/mol. The Bertz CT molecular complexity index is 752. The summed E-state index contributed by atoms with van der Waals surface area (Å²) < 4.78 is 10.7. The van der Waals surface area contributed by atoms with Crippen molar-refractivity contribution in [2.45, 2.75) is 38.6 Å². The molecule has 0 aromatic carbocycles. The van der Waals surface area contributed by atoms with Crippen LogP contribution in [0.1, 0.15) is 43.0 Å². The van der Waals surface area contributed by atoms with Crippen molar-refractivity contribution in [1.82, 2.24) is 15.8 Å². The summed E-state index contributed by atoms with van der Waals surface area (Å²) in [6, 6.07) is 2.62. The number of carbonyl (C=O) groups is 2. The summed E-state index contributed by atoms with van der Waals surface area (Å²) >= 11 is 5.78. The molecule has 2 atom stereocenters. The fraction of sp³-hybridized carbons (Fsp3) is 0.476. The Hall–Kier alpha value is -2.26. The zero-order chi connectivity index (χ0) is 21.8. The Morgan fingerprint density at radius 1 is 1.33 bits per heavy atom. The second kappa shape index (κ2) is 13.1. The molecule has 1 aliphatic rings. The molecule has 0 unspecified atom stereocenters. The van der Waals surface area contributed by atoms with Crippen molar-refractivity contribution in [1.29, 1.82) is 0 Å². The first-order chi connectivity index (χ1) is 14.5. The minimum absolute atomic E-state index is 0.0815. The van der Waals surface area contributed by atoms with Crippen LogP contribution in [0.4, 0.5) is 0 Å². The van der Waals surface area contributed by atoms with Crippen molar-refractivity contribution in [2.24, 2.45) is 5.92 Å². The van der Waals surface area contributed by atoms with Gasteiger partial charge in [0.25, 0.3) is 5.91 Å². The van der Waals surface area contributed by atoms with E-state index in [1.165, 1.54) is 12.3 Å². The summed E-state index contributed by atoms with van der Waals surface area (Å²) in [4.78, 5) is 28.8. The molecule has 2 amide bonds. The van der Waals surface area contributed by atoms with Gasteiger partial charge in [0, 0.05) is 18.7 Å². The maximum Gasteiger partial charge on any atom is 0.253 e. The fourth-order valence-corrected chi connectivity index (χ4v) is 3.25. The Morgan fingerprint density at radius 3 is 2.80 bits per heavy atom. The lowest BCUT2D eigenvalue weighted by Crippen LogP contribution is -2.42. The molecule has 8 nitrogen and oxygen atoms in total. The van der Waals surface area contributed by atoms with E-state index in [1.807, 2.05) is 19.1 Å². The molecule has 0 aliphatic heterocycles. The highest BCUT2D eigenvalue weighted by atomic mass is 35.5. The van der Waals surface area contributed by atoms with E-state index in [-0.39, 0.29) is 30.9 Å². The summed E-state index contributed by atoms with van der Waals surface area (Å²) in [6.07, 6.45) is 9.94. The number of rotatable bonds is 12. The van der Waals surface area contributed by atoms with E-state index < -0.39 is 17.9 Å². The maximum absolute atomic E-state index is 12.6. The topological polar surface area (TPSA) is 110 Å². The lowest BCUT2D eigenvalue weighted by molar-refractivity contribution is -0.134. The molecule has 0 saturated carbocycles. The number of amides is 2. The fourth-order valence-electron chi connectivity index (χ4n) is 3.14. The zero-order valence-electron chi connectivity index (χ0n) is 17.0. The molecule has 164 valence electrons. The molecule has 0 bridgehead atoms. The van der Waals surface area contributed by atoms with Crippen molar-refractivity contribution in [3.8, 4) is 0 Å². The maximum atomic E-state index is 12.6. The number of hydrogen-bond donors (Lipinski definition) is 3. The summed E-state index contributed by atoms with van der Waals surface area (Å²) in [5.74, 6) is -1.38. The molecule has 1 aromatic rings. The number of aromatic nitrogens is 1. The first-order valence-electron chi connectivity index (χ1n) is 9.89. The predicted molar refractivity (Wildman–Crippen MR) is 112 cm³/mol. The molecule has 1 heterocycles. The monoisotopic (exact) mass is 437 g/mol. The summed E-state index contributed by atoms with van der Waals surface area (Å²) in [6.45, 7) is 2.59. The number of allylic oxidation sites excluding steroid dienone is 4. The molecule has 1 aliphatic carbocycles. The van der Waals surface area contributed by atoms with Crippen LogP contribution in [0.3, 0.4) is 0 Å². The second-order valence-electron chi connectivity index (χ2n) is 6.93. The van der Waals surface area contributed by atoms with E-state index in [1.54, 1.807) is 11.5 Å². The lowest BCUT2D eigenvalue weighted by atomic mass is 9.89. The minimum Gasteiger partial charge on any atom is -0.356 e. The van der Waals surface area contributed by atoms with Gasteiger partial charge in [0.1, 0.15) is 11.9 Å². The summed E-state index contributed by atoms with van der Waals surface area (Å²) in [5.41, 5.74) is 3.20. The predicted octanol–water partition coefficient (Wildman–Crippen LogP) is 3.02. The molecule has 0 spiro atoms. The van der Waals surface area contributed by atoms with Crippen LogP contribution < -0.4 is 10.8 Å².